The Labute approximate surface area is 140 Å². The van der Waals surface area contributed by atoms with E-state index in [0.29, 0.717) is 5.92 Å². The van der Waals surface area contributed by atoms with Crippen LogP contribution in [-0.2, 0) is 14.2 Å². The van der Waals surface area contributed by atoms with Crippen molar-refractivity contribution in [3.63, 3.8) is 0 Å². The molecule has 0 aromatic carbocycles. The molecule has 0 aromatic rings. The number of aliphatic imine (C=N–C) groups is 1. The molecule has 1 atom stereocenters. The van der Waals surface area contributed by atoms with Gasteiger partial charge in [0.1, 0.15) is 0 Å². The second kappa shape index (κ2) is 10.1. The first kappa shape index (κ1) is 18.5. The van der Waals surface area contributed by atoms with Gasteiger partial charge in [-0.1, -0.05) is 0 Å². The van der Waals surface area contributed by atoms with Crippen LogP contribution in [0.5, 0.6) is 0 Å². The summed E-state index contributed by atoms with van der Waals surface area (Å²) in [7, 11) is 1.80. The Morgan fingerprint density at radius 3 is 2.78 bits per heavy atom. The average Bonchev–Trinajstić information content (AvgIpc) is 3.01. The van der Waals surface area contributed by atoms with E-state index < -0.39 is 0 Å². The predicted molar refractivity (Wildman–Crippen MR) is 91.9 cm³/mol. The molecule has 0 bridgehead atoms. The molecule has 2 aliphatic heterocycles. The third kappa shape index (κ3) is 7.06. The minimum atomic E-state index is -0.0511. The van der Waals surface area contributed by atoms with Gasteiger partial charge >= 0.3 is 0 Å². The van der Waals surface area contributed by atoms with E-state index >= 15 is 0 Å². The third-order valence-electron chi connectivity index (χ3n) is 4.61. The number of guanidine groups is 1. The summed E-state index contributed by atoms with van der Waals surface area (Å²) < 4.78 is 16.9. The molecular formula is C17H33N3O3. The molecule has 2 heterocycles. The highest BCUT2D eigenvalue weighted by Crippen LogP contribution is 2.23. The van der Waals surface area contributed by atoms with Crippen molar-refractivity contribution in [2.24, 2.45) is 10.9 Å². The molecule has 2 saturated heterocycles. The molecule has 1 unspecified atom stereocenters. The van der Waals surface area contributed by atoms with Gasteiger partial charge in [0.05, 0.1) is 5.60 Å². The molecule has 0 aliphatic carbocycles. The smallest absolute Gasteiger partial charge is 0.191 e. The minimum absolute atomic E-state index is 0.0511. The van der Waals surface area contributed by atoms with Crippen LogP contribution in [0, 0.1) is 5.92 Å². The maximum absolute atomic E-state index is 5.78. The SMILES string of the molecule is CN=C(NCCCOCC1CCOCC1)NCC1(C)CCCO1. The summed E-state index contributed by atoms with van der Waals surface area (Å²) in [5.74, 6) is 1.52. The van der Waals surface area contributed by atoms with E-state index in [1.807, 2.05) is 0 Å². The first-order chi connectivity index (χ1) is 11.2. The van der Waals surface area contributed by atoms with Gasteiger partial charge in [0.15, 0.2) is 5.96 Å². The molecule has 0 aromatic heterocycles. The van der Waals surface area contributed by atoms with Crippen LogP contribution in [0.3, 0.4) is 0 Å². The van der Waals surface area contributed by atoms with Gasteiger partial charge in [-0.15, -0.1) is 0 Å². The summed E-state index contributed by atoms with van der Waals surface area (Å²) in [6.07, 6.45) is 5.51. The van der Waals surface area contributed by atoms with Crippen molar-refractivity contribution in [1.29, 1.82) is 0 Å². The topological polar surface area (TPSA) is 64.1 Å². The van der Waals surface area contributed by atoms with Crippen molar-refractivity contribution < 1.29 is 14.2 Å². The van der Waals surface area contributed by atoms with Gasteiger partial charge in [0.2, 0.25) is 0 Å². The average molecular weight is 327 g/mol. The lowest BCUT2D eigenvalue weighted by Gasteiger charge is -2.24. The van der Waals surface area contributed by atoms with Gasteiger partial charge in [-0.2, -0.15) is 0 Å². The number of rotatable bonds is 8. The van der Waals surface area contributed by atoms with Crippen LogP contribution in [0.4, 0.5) is 0 Å². The Hall–Kier alpha value is -0.850. The second-order valence-corrected chi connectivity index (χ2v) is 6.74. The molecule has 23 heavy (non-hydrogen) atoms. The summed E-state index contributed by atoms with van der Waals surface area (Å²) in [6, 6.07) is 0. The molecule has 2 fully saturated rings. The number of nitrogens with zero attached hydrogens (tertiary/aromatic N) is 1. The van der Waals surface area contributed by atoms with Crippen molar-refractivity contribution in [3.05, 3.63) is 0 Å². The van der Waals surface area contributed by atoms with E-state index in [9.17, 15) is 0 Å². The quantitative estimate of drug-likeness (QED) is 0.402. The summed E-state index contributed by atoms with van der Waals surface area (Å²) in [5.41, 5.74) is -0.0511. The van der Waals surface area contributed by atoms with Gasteiger partial charge in [0.25, 0.3) is 0 Å². The molecule has 6 heteroatoms. The van der Waals surface area contributed by atoms with Crippen LogP contribution in [0.1, 0.15) is 39.0 Å². The fourth-order valence-electron chi connectivity index (χ4n) is 3.01. The standard InChI is InChI=1S/C17H33N3O3/c1-17(7-3-10-23-17)14-20-16(18-2)19-8-4-9-22-13-15-5-11-21-12-6-15/h15H,3-14H2,1-2H3,(H2,18,19,20). The van der Waals surface area contributed by atoms with E-state index in [4.69, 9.17) is 14.2 Å². The maximum Gasteiger partial charge on any atom is 0.191 e. The molecule has 2 aliphatic rings. The summed E-state index contributed by atoms with van der Waals surface area (Å²) in [6.45, 7) is 8.13. The first-order valence-corrected chi connectivity index (χ1v) is 8.96. The monoisotopic (exact) mass is 327 g/mol. The Balaban J connectivity index is 1.48. The van der Waals surface area contributed by atoms with Gasteiger partial charge in [0, 0.05) is 53.2 Å². The van der Waals surface area contributed by atoms with Crippen molar-refractivity contribution in [2.45, 2.75) is 44.6 Å². The lowest BCUT2D eigenvalue weighted by atomic mass is 10.0. The fourth-order valence-corrected chi connectivity index (χ4v) is 3.01. The number of nitrogens with one attached hydrogen (secondary N) is 2. The molecule has 0 amide bonds. The molecule has 2 rings (SSSR count). The first-order valence-electron chi connectivity index (χ1n) is 8.96. The number of ether oxygens (including phenoxy) is 3. The van der Waals surface area contributed by atoms with Crippen LogP contribution < -0.4 is 10.6 Å². The highest BCUT2D eigenvalue weighted by Gasteiger charge is 2.29. The van der Waals surface area contributed by atoms with Crippen LogP contribution >= 0.6 is 0 Å². The largest absolute Gasteiger partial charge is 0.381 e. The van der Waals surface area contributed by atoms with Gasteiger partial charge < -0.3 is 24.8 Å². The fraction of sp³-hybridized carbons (Fsp3) is 0.941. The molecule has 0 spiro atoms. The zero-order chi connectivity index (χ0) is 16.4. The Morgan fingerprint density at radius 2 is 2.09 bits per heavy atom. The van der Waals surface area contributed by atoms with E-state index in [1.54, 1.807) is 7.05 Å². The summed E-state index contributed by atoms with van der Waals surface area (Å²) >= 11 is 0. The Bertz CT molecular complexity index is 351. The van der Waals surface area contributed by atoms with Crippen molar-refractivity contribution in [1.82, 2.24) is 10.6 Å². The highest BCUT2D eigenvalue weighted by atomic mass is 16.5. The van der Waals surface area contributed by atoms with Gasteiger partial charge in [-0.3, -0.25) is 4.99 Å². The predicted octanol–water partition coefficient (Wildman–Crippen LogP) is 1.55. The molecule has 6 nitrogen and oxygen atoms in total. The summed E-state index contributed by atoms with van der Waals surface area (Å²) in [5, 5.41) is 6.69. The van der Waals surface area contributed by atoms with E-state index in [1.165, 1.54) is 0 Å². The van der Waals surface area contributed by atoms with Crippen molar-refractivity contribution in [2.75, 3.05) is 53.2 Å². The van der Waals surface area contributed by atoms with Crippen LogP contribution in [0.25, 0.3) is 0 Å². The van der Waals surface area contributed by atoms with E-state index in [2.05, 4.69) is 22.5 Å². The molecule has 0 saturated carbocycles. The summed E-state index contributed by atoms with van der Waals surface area (Å²) in [4.78, 5) is 4.26. The lowest BCUT2D eigenvalue weighted by Crippen LogP contribution is -2.45. The van der Waals surface area contributed by atoms with Crippen LogP contribution in [-0.4, -0.2) is 64.7 Å². The second-order valence-electron chi connectivity index (χ2n) is 6.74. The highest BCUT2D eigenvalue weighted by molar-refractivity contribution is 5.79. The van der Waals surface area contributed by atoms with E-state index in [0.717, 1.165) is 84.2 Å². The normalized spacial score (nSPS) is 26.4. The molecule has 2 N–H and O–H groups in total. The zero-order valence-electron chi connectivity index (χ0n) is 14.7. The van der Waals surface area contributed by atoms with E-state index in [-0.39, 0.29) is 5.60 Å². The van der Waals surface area contributed by atoms with Crippen molar-refractivity contribution in [3.8, 4) is 0 Å². The number of hydrogen-bond acceptors (Lipinski definition) is 4. The van der Waals surface area contributed by atoms with Crippen molar-refractivity contribution >= 4 is 5.96 Å². The molecule has 0 radical (unpaired) electrons. The van der Waals surface area contributed by atoms with Crippen LogP contribution in [0.2, 0.25) is 0 Å². The van der Waals surface area contributed by atoms with Gasteiger partial charge in [-0.25, -0.2) is 0 Å². The maximum atomic E-state index is 5.78. The zero-order valence-corrected chi connectivity index (χ0v) is 14.7. The van der Waals surface area contributed by atoms with Crippen LogP contribution in [0.15, 0.2) is 4.99 Å². The Kier molecular flexibility index (Phi) is 8.12. The lowest BCUT2D eigenvalue weighted by molar-refractivity contribution is 0.0203. The molecule has 134 valence electrons. The third-order valence-corrected chi connectivity index (χ3v) is 4.61. The molecular weight excluding hydrogens is 294 g/mol. The Morgan fingerprint density at radius 1 is 1.26 bits per heavy atom. The minimum Gasteiger partial charge on any atom is -0.381 e. The van der Waals surface area contributed by atoms with Gasteiger partial charge in [-0.05, 0) is 44.9 Å². The number of hydrogen-bond donors (Lipinski definition) is 2.